The molecule has 4 amide bonds. The van der Waals surface area contributed by atoms with Gasteiger partial charge in [0.15, 0.2) is 0 Å². The maximum atomic E-state index is 12.9. The van der Waals surface area contributed by atoms with Gasteiger partial charge in [0.25, 0.3) is 0 Å². The first-order valence-corrected chi connectivity index (χ1v) is 10.7. The molecule has 2 aromatic rings. The molecule has 0 saturated carbocycles. The second kappa shape index (κ2) is 10.8. The molecule has 0 unspecified atom stereocenters. The van der Waals surface area contributed by atoms with E-state index in [-0.39, 0.29) is 30.1 Å². The molecule has 1 fully saturated rings. The summed E-state index contributed by atoms with van der Waals surface area (Å²) in [5.74, 6) is -0.811. The third-order valence-corrected chi connectivity index (χ3v) is 5.84. The summed E-state index contributed by atoms with van der Waals surface area (Å²) in [6, 6.07) is 9.33. The highest BCUT2D eigenvalue weighted by atomic mass is 32.1. The quantitative estimate of drug-likeness (QED) is 0.626. The van der Waals surface area contributed by atoms with Crippen LogP contribution in [0, 0.1) is 11.7 Å². The maximum absolute atomic E-state index is 12.9. The molecule has 9 heteroatoms. The Morgan fingerprint density at radius 3 is 2.43 bits per heavy atom. The standard InChI is InChI=1S/C21H25FN4O3S/c22-17-5-3-15(4-6-17)12-23-20(28)16-7-9-26(10-8-16)14-19(27)25-21(29)24-13-18-2-1-11-30-18/h1-6,11,16H,7-10,12-14H2,(H,23,28)(H2,24,25,27,29). The number of carbonyl (C=O) groups is 3. The number of nitrogens with one attached hydrogen (secondary N) is 3. The van der Waals surface area contributed by atoms with Crippen LogP contribution in [0.2, 0.25) is 0 Å². The van der Waals surface area contributed by atoms with Crippen molar-refractivity contribution in [3.63, 3.8) is 0 Å². The number of hydrogen-bond donors (Lipinski definition) is 3. The van der Waals surface area contributed by atoms with Crippen molar-refractivity contribution < 1.29 is 18.8 Å². The zero-order valence-electron chi connectivity index (χ0n) is 16.5. The summed E-state index contributed by atoms with van der Waals surface area (Å²) in [5, 5.41) is 9.79. The number of amides is 4. The molecule has 0 atom stereocenters. The second-order valence-corrected chi connectivity index (χ2v) is 8.24. The summed E-state index contributed by atoms with van der Waals surface area (Å²) >= 11 is 1.53. The van der Waals surface area contributed by atoms with Gasteiger partial charge in [-0.2, -0.15) is 0 Å². The number of benzene rings is 1. The molecular weight excluding hydrogens is 407 g/mol. The number of halogens is 1. The zero-order valence-corrected chi connectivity index (χ0v) is 17.3. The molecule has 1 aliphatic rings. The topological polar surface area (TPSA) is 90.5 Å². The fourth-order valence-corrected chi connectivity index (χ4v) is 3.93. The van der Waals surface area contributed by atoms with Crippen molar-refractivity contribution in [3.8, 4) is 0 Å². The minimum Gasteiger partial charge on any atom is -0.352 e. The Morgan fingerprint density at radius 1 is 1.03 bits per heavy atom. The SMILES string of the molecule is O=C(CN1CCC(C(=O)NCc2ccc(F)cc2)CC1)NC(=O)NCc1cccs1. The molecule has 160 valence electrons. The molecule has 1 saturated heterocycles. The molecule has 0 radical (unpaired) electrons. The summed E-state index contributed by atoms with van der Waals surface area (Å²) < 4.78 is 12.9. The number of rotatable bonds is 7. The third-order valence-electron chi connectivity index (χ3n) is 4.96. The second-order valence-electron chi connectivity index (χ2n) is 7.20. The number of likely N-dealkylation sites (tertiary alicyclic amines) is 1. The van der Waals surface area contributed by atoms with E-state index >= 15 is 0 Å². The van der Waals surface area contributed by atoms with Crippen molar-refractivity contribution in [2.45, 2.75) is 25.9 Å². The van der Waals surface area contributed by atoms with E-state index < -0.39 is 6.03 Å². The van der Waals surface area contributed by atoms with Crippen molar-refractivity contribution in [3.05, 3.63) is 58.0 Å². The predicted molar refractivity (Wildman–Crippen MR) is 112 cm³/mol. The van der Waals surface area contributed by atoms with Crippen LogP contribution in [0.4, 0.5) is 9.18 Å². The lowest BCUT2D eigenvalue weighted by atomic mass is 9.96. The van der Waals surface area contributed by atoms with Crippen LogP contribution in [0.5, 0.6) is 0 Å². The van der Waals surface area contributed by atoms with Gasteiger partial charge in [0, 0.05) is 17.3 Å². The molecule has 7 nitrogen and oxygen atoms in total. The van der Waals surface area contributed by atoms with Crippen molar-refractivity contribution in [2.24, 2.45) is 5.92 Å². The van der Waals surface area contributed by atoms with Crippen molar-refractivity contribution in [2.75, 3.05) is 19.6 Å². The smallest absolute Gasteiger partial charge is 0.321 e. The summed E-state index contributed by atoms with van der Waals surface area (Å²) in [7, 11) is 0. The van der Waals surface area contributed by atoms with Crippen LogP contribution in [-0.4, -0.2) is 42.4 Å². The average molecular weight is 433 g/mol. The van der Waals surface area contributed by atoms with Gasteiger partial charge in [0.2, 0.25) is 11.8 Å². The van der Waals surface area contributed by atoms with Crippen LogP contribution in [-0.2, 0) is 22.7 Å². The predicted octanol–water partition coefficient (Wildman–Crippen LogP) is 2.24. The first-order valence-electron chi connectivity index (χ1n) is 9.84. The van der Waals surface area contributed by atoms with Crippen LogP contribution in [0.1, 0.15) is 23.3 Å². The molecule has 0 aliphatic carbocycles. The minimum absolute atomic E-state index is 0.0311. The fourth-order valence-electron chi connectivity index (χ4n) is 3.28. The largest absolute Gasteiger partial charge is 0.352 e. The summed E-state index contributed by atoms with van der Waals surface area (Å²) in [6.45, 7) is 2.09. The van der Waals surface area contributed by atoms with E-state index in [2.05, 4.69) is 16.0 Å². The van der Waals surface area contributed by atoms with Crippen LogP contribution in [0.3, 0.4) is 0 Å². The fraction of sp³-hybridized carbons (Fsp3) is 0.381. The Hall–Kier alpha value is -2.78. The maximum Gasteiger partial charge on any atom is 0.321 e. The van der Waals surface area contributed by atoms with Gasteiger partial charge in [-0.05, 0) is 55.1 Å². The number of hydrogen-bond acceptors (Lipinski definition) is 5. The van der Waals surface area contributed by atoms with Gasteiger partial charge in [0.1, 0.15) is 5.82 Å². The number of thiophene rings is 1. The first kappa shape index (κ1) is 21.9. The van der Waals surface area contributed by atoms with Crippen molar-refractivity contribution in [1.29, 1.82) is 0 Å². The third kappa shape index (κ3) is 6.93. The number of carbonyl (C=O) groups excluding carboxylic acids is 3. The number of nitrogens with zero attached hydrogens (tertiary/aromatic N) is 1. The molecular formula is C21H25FN4O3S. The molecule has 0 bridgehead atoms. The minimum atomic E-state index is -0.511. The van der Waals surface area contributed by atoms with Crippen molar-refractivity contribution in [1.82, 2.24) is 20.9 Å². The van der Waals surface area contributed by atoms with Gasteiger partial charge in [-0.1, -0.05) is 18.2 Å². The van der Waals surface area contributed by atoms with Crippen LogP contribution in [0.25, 0.3) is 0 Å². The van der Waals surface area contributed by atoms with E-state index in [1.807, 2.05) is 22.4 Å². The average Bonchev–Trinajstić information content (AvgIpc) is 3.26. The summed E-state index contributed by atoms with van der Waals surface area (Å²) in [4.78, 5) is 39.2. The molecule has 3 rings (SSSR count). The lowest BCUT2D eigenvalue weighted by Gasteiger charge is -2.30. The van der Waals surface area contributed by atoms with E-state index in [1.165, 1.54) is 23.5 Å². The van der Waals surface area contributed by atoms with Crippen LogP contribution in [0.15, 0.2) is 41.8 Å². The Labute approximate surface area is 178 Å². The first-order chi connectivity index (χ1) is 14.5. The molecule has 2 heterocycles. The zero-order chi connectivity index (χ0) is 21.3. The monoisotopic (exact) mass is 432 g/mol. The highest BCUT2D eigenvalue weighted by Crippen LogP contribution is 2.17. The van der Waals surface area contributed by atoms with Gasteiger partial charge in [-0.15, -0.1) is 11.3 Å². The van der Waals surface area contributed by atoms with E-state index in [0.29, 0.717) is 39.0 Å². The Bertz CT molecular complexity index is 850. The summed E-state index contributed by atoms with van der Waals surface area (Å²) in [5.41, 5.74) is 0.844. The van der Waals surface area contributed by atoms with Gasteiger partial charge in [-0.25, -0.2) is 9.18 Å². The summed E-state index contributed by atoms with van der Waals surface area (Å²) in [6.07, 6.45) is 1.29. The van der Waals surface area contributed by atoms with E-state index in [4.69, 9.17) is 0 Å². The lowest BCUT2D eigenvalue weighted by molar-refractivity contribution is -0.126. The highest BCUT2D eigenvalue weighted by Gasteiger charge is 2.26. The van der Waals surface area contributed by atoms with E-state index in [0.717, 1.165) is 10.4 Å². The van der Waals surface area contributed by atoms with Gasteiger partial charge < -0.3 is 10.6 Å². The Balaban J connectivity index is 1.32. The van der Waals surface area contributed by atoms with Crippen LogP contribution >= 0.6 is 11.3 Å². The van der Waals surface area contributed by atoms with Crippen LogP contribution < -0.4 is 16.0 Å². The van der Waals surface area contributed by atoms with Gasteiger partial charge in [-0.3, -0.25) is 19.8 Å². The highest BCUT2D eigenvalue weighted by molar-refractivity contribution is 7.09. The number of piperidine rings is 1. The van der Waals surface area contributed by atoms with Gasteiger partial charge >= 0.3 is 6.03 Å². The normalized spacial score (nSPS) is 14.8. The van der Waals surface area contributed by atoms with Crippen molar-refractivity contribution >= 4 is 29.2 Å². The Kier molecular flexibility index (Phi) is 7.92. The van der Waals surface area contributed by atoms with Gasteiger partial charge in [0.05, 0.1) is 13.1 Å². The van der Waals surface area contributed by atoms with E-state index in [9.17, 15) is 18.8 Å². The van der Waals surface area contributed by atoms with E-state index in [1.54, 1.807) is 12.1 Å². The number of imide groups is 1. The molecule has 1 aromatic heterocycles. The molecule has 3 N–H and O–H groups in total. The molecule has 1 aromatic carbocycles. The molecule has 1 aliphatic heterocycles. The Morgan fingerprint density at radius 2 is 1.77 bits per heavy atom. The molecule has 0 spiro atoms. The lowest BCUT2D eigenvalue weighted by Crippen LogP contribution is -2.47. The molecule has 30 heavy (non-hydrogen) atoms. The number of urea groups is 1.